The zero-order chi connectivity index (χ0) is 18.1. The number of carbonyl (C=O) groups excluding carboxylic acids is 2. The number of benzene rings is 2. The minimum atomic E-state index is -0.361. The predicted octanol–water partition coefficient (Wildman–Crippen LogP) is 3.46. The van der Waals surface area contributed by atoms with Crippen LogP contribution in [0.5, 0.6) is 0 Å². The Morgan fingerprint density at radius 1 is 1.19 bits per heavy atom. The second-order valence-corrected chi connectivity index (χ2v) is 6.42. The van der Waals surface area contributed by atoms with Crippen LogP contribution in [-0.2, 0) is 4.74 Å². The number of urea groups is 1. The van der Waals surface area contributed by atoms with E-state index in [9.17, 15) is 14.0 Å². The van der Waals surface area contributed by atoms with Crippen molar-refractivity contribution in [1.82, 2.24) is 5.32 Å². The van der Waals surface area contributed by atoms with Crippen LogP contribution >= 0.6 is 0 Å². The third-order valence-electron chi connectivity index (χ3n) is 4.58. The Morgan fingerprint density at radius 2 is 2.00 bits per heavy atom. The Kier molecular flexibility index (Phi) is 4.20. The fourth-order valence-corrected chi connectivity index (χ4v) is 3.15. The van der Waals surface area contributed by atoms with E-state index in [1.807, 2.05) is 6.07 Å². The highest BCUT2D eigenvalue weighted by Gasteiger charge is 2.39. The van der Waals surface area contributed by atoms with Crippen LogP contribution in [0.25, 0.3) is 0 Å². The Balaban J connectivity index is 1.31. The second-order valence-electron chi connectivity index (χ2n) is 6.42. The molecule has 1 heterocycles. The summed E-state index contributed by atoms with van der Waals surface area (Å²) in [6, 6.07) is 13.2. The highest BCUT2D eigenvalue weighted by Crippen LogP contribution is 2.40. The first kappa shape index (κ1) is 16.4. The lowest BCUT2D eigenvalue weighted by Crippen LogP contribution is -2.31. The van der Waals surface area contributed by atoms with Gasteiger partial charge in [0.25, 0.3) is 0 Å². The number of cyclic esters (lactones) is 1. The van der Waals surface area contributed by atoms with Crippen molar-refractivity contribution < 1.29 is 18.7 Å². The first-order valence-electron chi connectivity index (χ1n) is 8.47. The molecule has 6 nitrogen and oxygen atoms in total. The van der Waals surface area contributed by atoms with Crippen LogP contribution in [0.4, 0.5) is 25.4 Å². The number of ether oxygens (including phenoxy) is 1. The zero-order valence-electron chi connectivity index (χ0n) is 13.9. The van der Waals surface area contributed by atoms with E-state index in [0.717, 1.165) is 17.7 Å². The summed E-state index contributed by atoms with van der Waals surface area (Å²) in [6.07, 6.45) is 0.438. The number of hydrogen-bond acceptors (Lipinski definition) is 3. The third kappa shape index (κ3) is 3.46. The van der Waals surface area contributed by atoms with Crippen LogP contribution in [0.15, 0.2) is 48.5 Å². The van der Waals surface area contributed by atoms with Crippen LogP contribution in [0, 0.1) is 5.82 Å². The van der Waals surface area contributed by atoms with E-state index < -0.39 is 0 Å². The van der Waals surface area contributed by atoms with Crippen LogP contribution in [-0.4, -0.2) is 31.3 Å². The number of rotatable bonds is 4. The van der Waals surface area contributed by atoms with Crippen molar-refractivity contribution in [3.63, 3.8) is 0 Å². The van der Waals surface area contributed by atoms with Crippen molar-refractivity contribution in [2.75, 3.05) is 23.4 Å². The number of nitrogens with zero attached hydrogens (tertiary/aromatic N) is 1. The van der Waals surface area contributed by atoms with Gasteiger partial charge in [-0.05, 0) is 48.4 Å². The lowest BCUT2D eigenvalue weighted by atomic mass is 10.1. The third-order valence-corrected chi connectivity index (χ3v) is 4.58. The molecule has 2 aromatic carbocycles. The highest BCUT2D eigenvalue weighted by atomic mass is 19.1. The molecule has 4 rings (SSSR count). The molecular weight excluding hydrogens is 337 g/mol. The average molecular weight is 355 g/mol. The molecule has 2 aromatic rings. The van der Waals surface area contributed by atoms with Crippen molar-refractivity contribution in [1.29, 1.82) is 0 Å². The molecule has 2 fully saturated rings. The summed E-state index contributed by atoms with van der Waals surface area (Å²) >= 11 is 0. The monoisotopic (exact) mass is 355 g/mol. The van der Waals surface area contributed by atoms with Crippen molar-refractivity contribution in [2.45, 2.75) is 18.4 Å². The first-order valence-corrected chi connectivity index (χ1v) is 8.47. The Hall–Kier alpha value is -3.09. The molecule has 134 valence electrons. The molecule has 1 saturated heterocycles. The van der Waals surface area contributed by atoms with Crippen molar-refractivity contribution in [3.8, 4) is 0 Å². The van der Waals surface area contributed by atoms with E-state index in [-0.39, 0.29) is 29.9 Å². The molecule has 2 aliphatic rings. The standard InChI is InChI=1S/C19H18FN3O3/c20-13-3-1-2-12(10-13)16-11-17(16)22-18(24)21-14-4-6-15(7-5-14)23-8-9-26-19(23)25/h1-7,10,16-17H,8-9,11H2,(H2,21,22,24)/t16-,17+/m0/s1. The van der Waals surface area contributed by atoms with Crippen molar-refractivity contribution >= 4 is 23.5 Å². The normalized spacial score (nSPS) is 21.3. The van der Waals surface area contributed by atoms with Crippen molar-refractivity contribution in [3.05, 3.63) is 59.9 Å². The lowest BCUT2D eigenvalue weighted by molar-refractivity contribution is 0.181. The number of anilines is 2. The summed E-state index contributed by atoms with van der Waals surface area (Å²) in [5, 5.41) is 5.66. The summed E-state index contributed by atoms with van der Waals surface area (Å²) < 4.78 is 18.2. The summed E-state index contributed by atoms with van der Waals surface area (Å²) in [6.45, 7) is 0.907. The highest BCUT2D eigenvalue weighted by molar-refractivity contribution is 5.92. The molecule has 2 N–H and O–H groups in total. The van der Waals surface area contributed by atoms with Crippen LogP contribution in [0.2, 0.25) is 0 Å². The van der Waals surface area contributed by atoms with Gasteiger partial charge >= 0.3 is 12.1 Å². The minimum absolute atomic E-state index is 0.00967. The molecule has 0 radical (unpaired) electrons. The van der Waals surface area contributed by atoms with Gasteiger partial charge in [0.15, 0.2) is 0 Å². The molecule has 1 saturated carbocycles. The fraction of sp³-hybridized carbons (Fsp3) is 0.263. The maximum absolute atomic E-state index is 13.3. The Morgan fingerprint density at radius 3 is 2.69 bits per heavy atom. The van der Waals surface area contributed by atoms with Crippen molar-refractivity contribution in [2.24, 2.45) is 0 Å². The van der Waals surface area contributed by atoms with Gasteiger partial charge in [0.05, 0.1) is 6.54 Å². The van der Waals surface area contributed by atoms with Gasteiger partial charge in [-0.3, -0.25) is 4.90 Å². The molecular formula is C19H18FN3O3. The number of nitrogens with one attached hydrogen (secondary N) is 2. The molecule has 0 aromatic heterocycles. The number of hydrogen-bond donors (Lipinski definition) is 2. The van der Waals surface area contributed by atoms with E-state index in [4.69, 9.17) is 4.74 Å². The molecule has 2 atom stereocenters. The molecule has 1 aliphatic carbocycles. The molecule has 3 amide bonds. The molecule has 26 heavy (non-hydrogen) atoms. The quantitative estimate of drug-likeness (QED) is 0.882. The maximum Gasteiger partial charge on any atom is 0.414 e. The van der Waals surface area contributed by atoms with Gasteiger partial charge < -0.3 is 15.4 Å². The molecule has 7 heteroatoms. The smallest absolute Gasteiger partial charge is 0.414 e. The fourth-order valence-electron chi connectivity index (χ4n) is 3.15. The Labute approximate surface area is 149 Å². The van der Waals surface area contributed by atoms with E-state index >= 15 is 0 Å². The summed E-state index contributed by atoms with van der Waals surface area (Å²) in [4.78, 5) is 25.2. The molecule has 0 bridgehead atoms. The summed E-state index contributed by atoms with van der Waals surface area (Å²) in [5.74, 6) is -0.111. The molecule has 1 aliphatic heterocycles. The van der Waals surface area contributed by atoms with Crippen LogP contribution in [0.3, 0.4) is 0 Å². The summed E-state index contributed by atoms with van der Waals surface area (Å²) in [5.41, 5.74) is 2.26. The van der Waals surface area contributed by atoms with E-state index in [1.165, 1.54) is 17.0 Å². The van der Waals surface area contributed by atoms with Gasteiger partial charge in [-0.2, -0.15) is 0 Å². The first-order chi connectivity index (χ1) is 12.6. The van der Waals surface area contributed by atoms with Gasteiger partial charge in [0, 0.05) is 23.3 Å². The van der Waals surface area contributed by atoms with Crippen LogP contribution < -0.4 is 15.5 Å². The second kappa shape index (κ2) is 6.67. The summed E-state index contributed by atoms with van der Waals surface area (Å²) in [7, 11) is 0. The van der Waals surface area contributed by atoms with E-state index in [2.05, 4.69) is 10.6 Å². The largest absolute Gasteiger partial charge is 0.447 e. The number of amides is 3. The van der Waals surface area contributed by atoms with Gasteiger partial charge in [-0.15, -0.1) is 0 Å². The predicted molar refractivity (Wildman–Crippen MR) is 94.8 cm³/mol. The average Bonchev–Trinajstić information content (AvgIpc) is 3.25. The van der Waals surface area contributed by atoms with Gasteiger partial charge in [-0.25, -0.2) is 14.0 Å². The van der Waals surface area contributed by atoms with Gasteiger partial charge in [0.1, 0.15) is 12.4 Å². The molecule has 0 unspecified atom stereocenters. The molecule has 0 spiro atoms. The van der Waals surface area contributed by atoms with E-state index in [1.54, 1.807) is 30.3 Å². The Bertz CT molecular complexity index is 840. The maximum atomic E-state index is 13.3. The van der Waals surface area contributed by atoms with Crippen LogP contribution in [0.1, 0.15) is 17.9 Å². The minimum Gasteiger partial charge on any atom is -0.447 e. The van der Waals surface area contributed by atoms with Gasteiger partial charge in [-0.1, -0.05) is 12.1 Å². The zero-order valence-corrected chi connectivity index (χ0v) is 13.9. The lowest BCUT2D eigenvalue weighted by Gasteiger charge is -2.13. The van der Waals surface area contributed by atoms with Gasteiger partial charge in [0.2, 0.25) is 0 Å². The number of carbonyl (C=O) groups is 2. The van der Waals surface area contributed by atoms with E-state index in [0.29, 0.717) is 18.8 Å². The number of halogens is 1. The topological polar surface area (TPSA) is 70.7 Å². The SMILES string of the molecule is O=C(Nc1ccc(N2CCOC2=O)cc1)N[C@@H]1C[C@H]1c1cccc(F)c1.